The van der Waals surface area contributed by atoms with Gasteiger partial charge < -0.3 is 20.3 Å². The number of nitrogens with zero attached hydrogens (tertiary/aromatic N) is 1. The first-order chi connectivity index (χ1) is 14.0. The quantitative estimate of drug-likeness (QED) is 0.678. The Kier molecular flexibility index (Phi) is 8.79. The summed E-state index contributed by atoms with van der Waals surface area (Å²) in [5, 5.41) is 6.31. The Balaban J connectivity index is 1.68. The van der Waals surface area contributed by atoms with Gasteiger partial charge in [-0.2, -0.15) is 0 Å². The predicted octanol–water partition coefficient (Wildman–Crippen LogP) is 3.88. The normalized spacial score (nSPS) is 14.9. The van der Waals surface area contributed by atoms with Crippen LogP contribution in [0.15, 0.2) is 18.2 Å². The van der Waals surface area contributed by atoms with Crippen LogP contribution in [-0.2, 0) is 9.53 Å². The number of benzene rings is 1. The minimum absolute atomic E-state index is 0.000691. The molecule has 0 unspecified atom stereocenters. The van der Waals surface area contributed by atoms with E-state index in [1.807, 2.05) is 0 Å². The molecule has 1 aliphatic rings. The number of halogens is 2. The van der Waals surface area contributed by atoms with E-state index in [0.717, 1.165) is 12.8 Å². The lowest BCUT2D eigenvalue weighted by atomic mass is 9.96. The lowest BCUT2D eigenvalue weighted by Gasteiger charge is -2.32. The van der Waals surface area contributed by atoms with Crippen molar-refractivity contribution in [2.45, 2.75) is 45.6 Å². The minimum Gasteiger partial charge on any atom is -0.444 e. The molecular weight excluding hydrogens is 429 g/mol. The molecule has 0 spiro atoms. The van der Waals surface area contributed by atoms with E-state index in [9.17, 15) is 14.4 Å². The van der Waals surface area contributed by atoms with Crippen LogP contribution in [0.4, 0.5) is 4.79 Å². The first kappa shape index (κ1) is 24.3. The van der Waals surface area contributed by atoms with Crippen molar-refractivity contribution < 1.29 is 19.1 Å². The van der Waals surface area contributed by atoms with E-state index >= 15 is 0 Å². The molecule has 1 aliphatic heterocycles. The smallest absolute Gasteiger partial charge is 0.407 e. The molecule has 30 heavy (non-hydrogen) atoms. The lowest BCUT2D eigenvalue weighted by molar-refractivity contribution is -0.132. The van der Waals surface area contributed by atoms with Crippen LogP contribution < -0.4 is 10.6 Å². The van der Waals surface area contributed by atoms with Crippen molar-refractivity contribution in [2.75, 3.05) is 26.2 Å². The summed E-state index contributed by atoms with van der Waals surface area (Å²) in [6.07, 6.45) is 1.31. The second-order valence-electron chi connectivity index (χ2n) is 8.34. The van der Waals surface area contributed by atoms with Gasteiger partial charge in [0.15, 0.2) is 0 Å². The Morgan fingerprint density at radius 2 is 1.80 bits per heavy atom. The van der Waals surface area contributed by atoms with Crippen molar-refractivity contribution in [3.8, 4) is 0 Å². The molecule has 1 heterocycles. The summed E-state index contributed by atoms with van der Waals surface area (Å²) in [6.45, 7) is 7.37. The van der Waals surface area contributed by atoms with E-state index in [0.29, 0.717) is 35.2 Å². The summed E-state index contributed by atoms with van der Waals surface area (Å²) < 4.78 is 5.15. The summed E-state index contributed by atoms with van der Waals surface area (Å²) in [5.74, 6) is 0.0318. The average molecular weight is 458 g/mol. The number of carbonyl (C=O) groups excluding carboxylic acids is 3. The highest BCUT2D eigenvalue weighted by atomic mass is 35.5. The van der Waals surface area contributed by atoms with Crippen molar-refractivity contribution in [3.05, 3.63) is 33.8 Å². The molecule has 9 heteroatoms. The fraction of sp³-hybridized carbons (Fsp3) is 0.571. The standard InChI is InChI=1S/C21H29Cl2N3O4/c1-21(2,3)30-20(29)24-9-6-18(27)26-10-7-14(8-11-26)13-25-19(28)16-12-15(22)4-5-17(16)23/h4-5,12,14H,6-11,13H2,1-3H3,(H,24,29)(H,25,28). The summed E-state index contributed by atoms with van der Waals surface area (Å²) in [4.78, 5) is 38.1. The van der Waals surface area contributed by atoms with Crippen LogP contribution >= 0.6 is 23.2 Å². The third kappa shape index (κ3) is 8.03. The van der Waals surface area contributed by atoms with Gasteiger partial charge in [-0.05, 0) is 57.7 Å². The zero-order valence-corrected chi connectivity index (χ0v) is 19.1. The van der Waals surface area contributed by atoms with Crippen LogP contribution in [0, 0.1) is 5.92 Å². The number of piperidine rings is 1. The van der Waals surface area contributed by atoms with Crippen molar-refractivity contribution in [1.29, 1.82) is 0 Å². The van der Waals surface area contributed by atoms with E-state index < -0.39 is 11.7 Å². The number of rotatable bonds is 6. The summed E-state index contributed by atoms with van der Waals surface area (Å²) in [6, 6.07) is 4.78. The number of amides is 3. The van der Waals surface area contributed by atoms with Gasteiger partial charge in [0.25, 0.3) is 5.91 Å². The van der Waals surface area contributed by atoms with Crippen LogP contribution in [0.5, 0.6) is 0 Å². The monoisotopic (exact) mass is 457 g/mol. The molecule has 1 aromatic carbocycles. The van der Waals surface area contributed by atoms with E-state index in [1.54, 1.807) is 43.9 Å². The van der Waals surface area contributed by atoms with Crippen LogP contribution in [0.2, 0.25) is 10.0 Å². The number of hydrogen-bond donors (Lipinski definition) is 2. The summed E-state index contributed by atoms with van der Waals surface area (Å²) in [7, 11) is 0. The molecule has 0 radical (unpaired) electrons. The fourth-order valence-corrected chi connectivity index (χ4v) is 3.51. The lowest BCUT2D eigenvalue weighted by Crippen LogP contribution is -2.42. The van der Waals surface area contributed by atoms with Gasteiger partial charge in [-0.1, -0.05) is 23.2 Å². The van der Waals surface area contributed by atoms with Gasteiger partial charge in [0.2, 0.25) is 5.91 Å². The van der Waals surface area contributed by atoms with Crippen molar-refractivity contribution in [3.63, 3.8) is 0 Å². The van der Waals surface area contributed by atoms with Gasteiger partial charge in [0.1, 0.15) is 5.60 Å². The number of nitrogens with one attached hydrogen (secondary N) is 2. The number of hydrogen-bond acceptors (Lipinski definition) is 4. The fourth-order valence-electron chi connectivity index (χ4n) is 3.13. The van der Waals surface area contributed by atoms with E-state index in [2.05, 4.69) is 10.6 Å². The van der Waals surface area contributed by atoms with E-state index in [4.69, 9.17) is 27.9 Å². The maximum Gasteiger partial charge on any atom is 0.407 e. The third-order valence-electron chi connectivity index (χ3n) is 4.70. The SMILES string of the molecule is CC(C)(C)OC(=O)NCCC(=O)N1CCC(CNC(=O)c2cc(Cl)ccc2Cl)CC1. The average Bonchev–Trinajstić information content (AvgIpc) is 2.67. The number of likely N-dealkylation sites (tertiary alicyclic amines) is 1. The Bertz CT molecular complexity index is 772. The van der Waals surface area contributed by atoms with Crippen LogP contribution in [0.25, 0.3) is 0 Å². The topological polar surface area (TPSA) is 87.7 Å². The molecule has 3 amide bonds. The second-order valence-corrected chi connectivity index (χ2v) is 9.18. The molecule has 0 bridgehead atoms. The molecule has 2 N–H and O–H groups in total. The Morgan fingerprint density at radius 3 is 2.43 bits per heavy atom. The molecule has 2 rings (SSSR count). The van der Waals surface area contributed by atoms with Gasteiger partial charge in [0.05, 0.1) is 10.6 Å². The Hall–Kier alpha value is -1.99. The van der Waals surface area contributed by atoms with Gasteiger partial charge in [0, 0.05) is 37.6 Å². The Morgan fingerprint density at radius 1 is 1.13 bits per heavy atom. The molecule has 1 saturated heterocycles. The minimum atomic E-state index is -0.566. The van der Waals surface area contributed by atoms with E-state index in [1.165, 1.54) is 0 Å². The molecule has 0 saturated carbocycles. The van der Waals surface area contributed by atoms with Crippen LogP contribution in [-0.4, -0.2) is 54.6 Å². The third-order valence-corrected chi connectivity index (χ3v) is 5.26. The molecule has 1 fully saturated rings. The molecule has 166 valence electrons. The molecular formula is C21H29Cl2N3O4. The first-order valence-electron chi connectivity index (χ1n) is 10.0. The first-order valence-corrected chi connectivity index (χ1v) is 10.8. The maximum atomic E-state index is 12.3. The van der Waals surface area contributed by atoms with Crippen LogP contribution in [0.3, 0.4) is 0 Å². The molecule has 7 nitrogen and oxygen atoms in total. The Labute approximate surface area is 187 Å². The highest BCUT2D eigenvalue weighted by molar-refractivity contribution is 6.35. The van der Waals surface area contributed by atoms with Crippen molar-refractivity contribution in [1.82, 2.24) is 15.5 Å². The number of alkyl carbamates (subject to hydrolysis) is 1. The van der Waals surface area contributed by atoms with Gasteiger partial charge in [-0.3, -0.25) is 9.59 Å². The van der Waals surface area contributed by atoms with Crippen molar-refractivity contribution >= 4 is 41.1 Å². The van der Waals surface area contributed by atoms with Gasteiger partial charge >= 0.3 is 6.09 Å². The van der Waals surface area contributed by atoms with Crippen molar-refractivity contribution in [2.24, 2.45) is 5.92 Å². The molecule has 0 atom stereocenters. The number of carbonyl (C=O) groups is 3. The largest absolute Gasteiger partial charge is 0.444 e. The molecule has 0 aromatic heterocycles. The highest BCUT2D eigenvalue weighted by Crippen LogP contribution is 2.21. The molecule has 1 aromatic rings. The van der Waals surface area contributed by atoms with Crippen LogP contribution in [0.1, 0.15) is 50.4 Å². The van der Waals surface area contributed by atoms with Gasteiger partial charge in [-0.15, -0.1) is 0 Å². The number of ether oxygens (including phenoxy) is 1. The summed E-state index contributed by atoms with van der Waals surface area (Å²) >= 11 is 12.0. The maximum absolute atomic E-state index is 12.3. The zero-order chi connectivity index (χ0) is 22.3. The predicted molar refractivity (Wildman–Crippen MR) is 117 cm³/mol. The molecule has 0 aliphatic carbocycles. The summed E-state index contributed by atoms with van der Waals surface area (Å²) in [5.41, 5.74) is -0.210. The second kappa shape index (κ2) is 10.9. The highest BCUT2D eigenvalue weighted by Gasteiger charge is 2.24. The van der Waals surface area contributed by atoms with Gasteiger partial charge in [-0.25, -0.2) is 4.79 Å². The zero-order valence-electron chi connectivity index (χ0n) is 17.6. The van der Waals surface area contributed by atoms with E-state index in [-0.39, 0.29) is 30.7 Å².